The predicted octanol–water partition coefficient (Wildman–Crippen LogP) is 7.37. The van der Waals surface area contributed by atoms with Crippen LogP contribution in [0.3, 0.4) is 0 Å². The minimum Gasteiger partial charge on any atom is -0.366 e. The molecule has 2 N–H and O–H groups in total. The molecule has 0 spiro atoms. The van der Waals surface area contributed by atoms with Gasteiger partial charge in [0.1, 0.15) is 5.69 Å². The molecule has 0 bridgehead atoms. The van der Waals surface area contributed by atoms with E-state index in [1.165, 1.54) is 0 Å². The van der Waals surface area contributed by atoms with E-state index in [2.05, 4.69) is 15.2 Å². The highest BCUT2D eigenvalue weighted by Crippen LogP contribution is 2.37. The van der Waals surface area contributed by atoms with Crippen LogP contribution in [0.4, 0.5) is 11.4 Å². The molecule has 0 aliphatic carbocycles. The first-order valence-electron chi connectivity index (χ1n) is 13.2. The summed E-state index contributed by atoms with van der Waals surface area (Å²) in [5.74, 6) is -0.301. The van der Waals surface area contributed by atoms with Gasteiger partial charge in [0.2, 0.25) is 5.91 Å². The second kappa shape index (κ2) is 10.8. The number of para-hydroxylation sites is 1. The SMILES string of the molecule is O=C(Nc1ccccc1-c1ccccc1)C1CCCN(c2c(-c3ccccc3)c3cc(Cl)ccc3[nH]c2=O)C1. The van der Waals surface area contributed by atoms with Crippen LogP contribution in [0.1, 0.15) is 12.8 Å². The van der Waals surface area contributed by atoms with Crippen molar-refractivity contribution in [3.63, 3.8) is 0 Å². The number of aromatic amines is 1. The van der Waals surface area contributed by atoms with Gasteiger partial charge < -0.3 is 15.2 Å². The molecule has 5 nitrogen and oxygen atoms in total. The maximum atomic E-state index is 13.6. The molecule has 1 amide bonds. The van der Waals surface area contributed by atoms with E-state index in [0.717, 1.165) is 51.7 Å². The fourth-order valence-corrected chi connectivity index (χ4v) is 5.72. The van der Waals surface area contributed by atoms with Gasteiger partial charge in [0.15, 0.2) is 0 Å². The second-order valence-electron chi connectivity index (χ2n) is 9.92. The van der Waals surface area contributed by atoms with Crippen LogP contribution in [0.5, 0.6) is 0 Å². The maximum absolute atomic E-state index is 13.6. The number of H-pyrrole nitrogens is 1. The summed E-state index contributed by atoms with van der Waals surface area (Å²) in [5, 5.41) is 4.66. The van der Waals surface area contributed by atoms with Crippen molar-refractivity contribution in [2.45, 2.75) is 12.8 Å². The largest absolute Gasteiger partial charge is 0.366 e. The number of benzene rings is 4. The number of piperidine rings is 1. The Kier molecular flexibility index (Phi) is 6.91. The van der Waals surface area contributed by atoms with Gasteiger partial charge in [-0.05, 0) is 48.2 Å². The topological polar surface area (TPSA) is 65.2 Å². The van der Waals surface area contributed by atoms with Gasteiger partial charge >= 0.3 is 0 Å². The lowest BCUT2D eigenvalue weighted by Crippen LogP contribution is -2.43. The van der Waals surface area contributed by atoms with Gasteiger partial charge in [-0.3, -0.25) is 9.59 Å². The van der Waals surface area contributed by atoms with Crippen molar-refractivity contribution >= 4 is 39.8 Å². The lowest BCUT2D eigenvalue weighted by molar-refractivity contribution is -0.120. The number of pyridine rings is 1. The van der Waals surface area contributed by atoms with Gasteiger partial charge in [0, 0.05) is 45.8 Å². The number of aromatic nitrogens is 1. The first kappa shape index (κ1) is 25.0. The fraction of sp³-hybridized carbons (Fsp3) is 0.152. The normalized spacial score (nSPS) is 15.3. The fourth-order valence-electron chi connectivity index (χ4n) is 5.54. The van der Waals surface area contributed by atoms with Crippen molar-refractivity contribution in [3.8, 4) is 22.3 Å². The minimum absolute atomic E-state index is 0.0374. The van der Waals surface area contributed by atoms with E-state index in [1.54, 1.807) is 6.07 Å². The smallest absolute Gasteiger partial charge is 0.272 e. The molecule has 1 fully saturated rings. The number of halogens is 1. The molecule has 6 rings (SSSR count). The number of hydrogen-bond acceptors (Lipinski definition) is 3. The molecule has 39 heavy (non-hydrogen) atoms. The number of rotatable bonds is 5. The van der Waals surface area contributed by atoms with Crippen molar-refractivity contribution in [1.82, 2.24) is 4.98 Å². The van der Waals surface area contributed by atoms with E-state index in [9.17, 15) is 9.59 Å². The molecular formula is C33H28ClN3O2. The number of anilines is 2. The van der Waals surface area contributed by atoms with Crippen LogP contribution in [0.15, 0.2) is 108 Å². The lowest BCUT2D eigenvalue weighted by atomic mass is 9.93. The second-order valence-corrected chi connectivity index (χ2v) is 10.4. The van der Waals surface area contributed by atoms with Gasteiger partial charge in [-0.1, -0.05) is 90.5 Å². The molecule has 5 aromatic rings. The lowest BCUT2D eigenvalue weighted by Gasteiger charge is -2.34. The molecule has 0 radical (unpaired) electrons. The quantitative estimate of drug-likeness (QED) is 0.248. The van der Waals surface area contributed by atoms with E-state index in [4.69, 9.17) is 11.6 Å². The molecule has 1 aliphatic heterocycles. The molecule has 4 aromatic carbocycles. The van der Waals surface area contributed by atoms with Gasteiger partial charge in [0.25, 0.3) is 5.56 Å². The summed E-state index contributed by atoms with van der Waals surface area (Å²) in [4.78, 5) is 32.2. The van der Waals surface area contributed by atoms with Gasteiger partial charge in [0.05, 0.1) is 5.92 Å². The maximum Gasteiger partial charge on any atom is 0.272 e. The number of hydrogen-bond donors (Lipinski definition) is 2. The van der Waals surface area contributed by atoms with E-state index in [-0.39, 0.29) is 17.4 Å². The predicted molar refractivity (Wildman–Crippen MR) is 160 cm³/mol. The Bertz CT molecular complexity index is 1700. The van der Waals surface area contributed by atoms with Gasteiger partial charge in [-0.15, -0.1) is 0 Å². The van der Waals surface area contributed by atoms with Crippen LogP contribution in [0.2, 0.25) is 5.02 Å². The molecule has 6 heteroatoms. The molecule has 1 aromatic heterocycles. The van der Waals surface area contributed by atoms with Gasteiger partial charge in [-0.2, -0.15) is 0 Å². The standard InChI is InChI=1S/C33H28ClN3O2/c34-25-17-18-29-27(20-25)30(23-12-5-2-6-13-23)31(33(39)36-29)37-19-9-14-24(21-37)32(38)35-28-16-8-7-15-26(28)22-10-3-1-4-11-22/h1-8,10-13,15-18,20,24H,9,14,19,21H2,(H,35,38)(H,36,39). The number of amides is 1. The zero-order chi connectivity index (χ0) is 26.8. The Morgan fingerprint density at radius 3 is 2.33 bits per heavy atom. The van der Waals surface area contributed by atoms with Crippen LogP contribution in [0.25, 0.3) is 33.2 Å². The summed E-state index contributed by atoms with van der Waals surface area (Å²) in [5.41, 5.74) is 5.74. The Morgan fingerprint density at radius 1 is 0.872 bits per heavy atom. The number of nitrogens with one attached hydrogen (secondary N) is 2. The Morgan fingerprint density at radius 2 is 1.56 bits per heavy atom. The monoisotopic (exact) mass is 533 g/mol. The van der Waals surface area contributed by atoms with Crippen molar-refractivity contribution in [2.24, 2.45) is 5.92 Å². The van der Waals surface area contributed by atoms with E-state index >= 15 is 0 Å². The third-order valence-corrected chi connectivity index (χ3v) is 7.63. The summed E-state index contributed by atoms with van der Waals surface area (Å²) in [6.45, 7) is 1.15. The summed E-state index contributed by atoms with van der Waals surface area (Å²) >= 11 is 6.40. The number of carbonyl (C=O) groups is 1. The highest BCUT2D eigenvalue weighted by molar-refractivity contribution is 6.31. The Hall–Kier alpha value is -4.35. The van der Waals surface area contributed by atoms with Crippen LogP contribution < -0.4 is 15.8 Å². The van der Waals surface area contributed by atoms with Crippen LogP contribution in [0, 0.1) is 5.92 Å². The van der Waals surface area contributed by atoms with E-state index in [0.29, 0.717) is 23.8 Å². The minimum atomic E-state index is -0.263. The first-order chi connectivity index (χ1) is 19.1. The molecule has 1 unspecified atom stereocenters. The molecule has 1 saturated heterocycles. The third-order valence-electron chi connectivity index (χ3n) is 7.39. The van der Waals surface area contributed by atoms with E-state index < -0.39 is 0 Å². The summed E-state index contributed by atoms with van der Waals surface area (Å²) < 4.78 is 0. The van der Waals surface area contributed by atoms with Crippen molar-refractivity contribution < 1.29 is 4.79 Å². The van der Waals surface area contributed by atoms with Crippen LogP contribution >= 0.6 is 11.6 Å². The molecule has 2 heterocycles. The van der Waals surface area contributed by atoms with Gasteiger partial charge in [-0.25, -0.2) is 0 Å². The highest BCUT2D eigenvalue weighted by Gasteiger charge is 2.30. The molecule has 1 atom stereocenters. The summed E-state index contributed by atoms with van der Waals surface area (Å²) in [6, 6.07) is 33.3. The Balaban J connectivity index is 1.34. The average Bonchev–Trinajstić information content (AvgIpc) is 2.98. The van der Waals surface area contributed by atoms with Crippen LogP contribution in [-0.2, 0) is 4.79 Å². The average molecular weight is 534 g/mol. The summed E-state index contributed by atoms with van der Waals surface area (Å²) in [6.07, 6.45) is 1.56. The highest BCUT2D eigenvalue weighted by atomic mass is 35.5. The number of nitrogens with zero attached hydrogens (tertiary/aromatic N) is 1. The zero-order valence-corrected chi connectivity index (χ0v) is 22.1. The molecule has 0 saturated carbocycles. The number of carbonyl (C=O) groups excluding carboxylic acids is 1. The summed E-state index contributed by atoms with van der Waals surface area (Å²) in [7, 11) is 0. The van der Waals surface area contributed by atoms with Crippen LogP contribution in [-0.4, -0.2) is 24.0 Å². The molecular weight excluding hydrogens is 506 g/mol. The van der Waals surface area contributed by atoms with E-state index in [1.807, 2.05) is 97.1 Å². The first-order valence-corrected chi connectivity index (χ1v) is 13.6. The molecule has 1 aliphatic rings. The zero-order valence-electron chi connectivity index (χ0n) is 21.4. The molecule has 194 valence electrons. The number of fused-ring (bicyclic) bond motifs is 1. The third kappa shape index (κ3) is 5.06. The van der Waals surface area contributed by atoms with Crippen molar-refractivity contribution in [2.75, 3.05) is 23.3 Å². The van der Waals surface area contributed by atoms with Crippen molar-refractivity contribution in [1.29, 1.82) is 0 Å². The Labute approximate surface area is 232 Å². The van der Waals surface area contributed by atoms with Crippen molar-refractivity contribution in [3.05, 3.63) is 119 Å².